The summed E-state index contributed by atoms with van der Waals surface area (Å²) in [4.78, 5) is 6.35. The van der Waals surface area contributed by atoms with Gasteiger partial charge in [0.1, 0.15) is 11.4 Å². The van der Waals surface area contributed by atoms with E-state index in [1.54, 1.807) is 13.0 Å². The highest BCUT2D eigenvalue weighted by Crippen LogP contribution is 2.45. The van der Waals surface area contributed by atoms with Crippen molar-refractivity contribution in [3.05, 3.63) is 17.7 Å². The van der Waals surface area contributed by atoms with Crippen LogP contribution in [-0.4, -0.2) is 50.2 Å². The van der Waals surface area contributed by atoms with E-state index >= 15 is 0 Å². The first-order chi connectivity index (χ1) is 10.5. The molecule has 1 unspecified atom stereocenters. The average Bonchev–Trinajstić information content (AvgIpc) is 3.03. The fourth-order valence-electron chi connectivity index (χ4n) is 2.74. The van der Waals surface area contributed by atoms with Gasteiger partial charge in [0.05, 0.1) is 31.3 Å². The van der Waals surface area contributed by atoms with E-state index < -0.39 is 10.0 Å². The number of benzene rings is 1. The molecule has 8 heteroatoms. The van der Waals surface area contributed by atoms with Crippen LogP contribution in [0.4, 0.5) is 5.69 Å². The Labute approximate surface area is 129 Å². The van der Waals surface area contributed by atoms with Gasteiger partial charge >= 0.3 is 0 Å². The van der Waals surface area contributed by atoms with Crippen molar-refractivity contribution in [3.63, 3.8) is 0 Å². The van der Waals surface area contributed by atoms with E-state index in [4.69, 9.17) is 4.74 Å². The first kappa shape index (κ1) is 15.0. The SMILES string of the molecule is CCS(=O)(=O)Nc1c(O)ccc2c1OCCC2N1C=NCC1. The number of nitrogens with one attached hydrogen (secondary N) is 1. The largest absolute Gasteiger partial charge is 0.506 e. The Balaban J connectivity index is 2.02. The molecule has 0 saturated heterocycles. The molecule has 0 aliphatic carbocycles. The molecule has 1 aromatic carbocycles. The van der Waals surface area contributed by atoms with Crippen molar-refractivity contribution in [2.24, 2.45) is 4.99 Å². The first-order valence-corrected chi connectivity index (χ1v) is 8.92. The Kier molecular flexibility index (Phi) is 3.86. The zero-order valence-corrected chi connectivity index (χ0v) is 13.1. The number of rotatable bonds is 4. The maximum absolute atomic E-state index is 11.8. The maximum atomic E-state index is 11.8. The fourth-order valence-corrected chi connectivity index (χ4v) is 3.39. The zero-order valence-electron chi connectivity index (χ0n) is 12.3. The van der Waals surface area contributed by atoms with Gasteiger partial charge in [0.25, 0.3) is 0 Å². The predicted octanol–water partition coefficient (Wildman–Crippen LogP) is 1.32. The minimum Gasteiger partial charge on any atom is -0.506 e. The Bertz CT molecular complexity index is 702. The zero-order chi connectivity index (χ0) is 15.7. The van der Waals surface area contributed by atoms with E-state index in [2.05, 4.69) is 14.6 Å². The van der Waals surface area contributed by atoms with Crippen molar-refractivity contribution in [1.82, 2.24) is 4.90 Å². The minimum atomic E-state index is -3.49. The summed E-state index contributed by atoms with van der Waals surface area (Å²) in [6, 6.07) is 3.37. The van der Waals surface area contributed by atoms with Crippen LogP contribution in [-0.2, 0) is 10.0 Å². The Morgan fingerprint density at radius 2 is 2.32 bits per heavy atom. The molecule has 2 aliphatic heterocycles. The monoisotopic (exact) mass is 325 g/mol. The van der Waals surface area contributed by atoms with Crippen LogP contribution in [0.15, 0.2) is 17.1 Å². The molecular formula is C14H19N3O4S. The number of hydrogen-bond acceptors (Lipinski definition) is 6. The summed E-state index contributed by atoms with van der Waals surface area (Å²) >= 11 is 0. The maximum Gasteiger partial charge on any atom is 0.232 e. The van der Waals surface area contributed by atoms with Crippen LogP contribution in [0.2, 0.25) is 0 Å². The number of aromatic hydroxyl groups is 1. The summed E-state index contributed by atoms with van der Waals surface area (Å²) < 4.78 is 31.7. The van der Waals surface area contributed by atoms with Crippen LogP contribution in [0.5, 0.6) is 11.5 Å². The normalized spacial score (nSPS) is 20.6. The molecule has 120 valence electrons. The third-order valence-corrected chi connectivity index (χ3v) is 5.19. The van der Waals surface area contributed by atoms with Crippen LogP contribution in [0.3, 0.4) is 0 Å². The standard InChI is InChI=1S/C14H19N3O4S/c1-2-22(19,20)16-13-12(18)4-3-10-11(5-8-21-14(10)13)17-7-6-15-9-17/h3-4,9,11,16,18H,2,5-8H2,1H3. The highest BCUT2D eigenvalue weighted by Gasteiger charge is 2.30. The van der Waals surface area contributed by atoms with E-state index in [1.165, 1.54) is 6.07 Å². The molecule has 2 aliphatic rings. The number of anilines is 1. The Hall–Kier alpha value is -1.96. The molecule has 1 aromatic rings. The van der Waals surface area contributed by atoms with Crippen molar-refractivity contribution in [1.29, 1.82) is 0 Å². The summed E-state index contributed by atoms with van der Waals surface area (Å²) in [5, 5.41) is 10.0. The van der Waals surface area contributed by atoms with Crippen LogP contribution < -0.4 is 9.46 Å². The molecule has 22 heavy (non-hydrogen) atoms. The lowest BCUT2D eigenvalue weighted by Crippen LogP contribution is -2.30. The summed E-state index contributed by atoms with van der Waals surface area (Å²) in [5.41, 5.74) is 0.992. The number of hydrogen-bond donors (Lipinski definition) is 2. The van der Waals surface area contributed by atoms with E-state index in [1.807, 2.05) is 6.34 Å². The topological polar surface area (TPSA) is 91.2 Å². The van der Waals surface area contributed by atoms with Crippen molar-refractivity contribution >= 4 is 22.0 Å². The van der Waals surface area contributed by atoms with Gasteiger partial charge in [-0.05, 0) is 19.1 Å². The molecular weight excluding hydrogens is 306 g/mol. The molecule has 2 heterocycles. The molecule has 1 atom stereocenters. The summed E-state index contributed by atoms with van der Waals surface area (Å²) in [6.07, 6.45) is 2.62. The van der Waals surface area contributed by atoms with E-state index in [0.717, 1.165) is 25.1 Å². The number of aliphatic imine (C=N–C) groups is 1. The average molecular weight is 325 g/mol. The number of phenolic OH excluding ortho intramolecular Hbond substituents is 1. The van der Waals surface area contributed by atoms with Gasteiger partial charge in [0.15, 0.2) is 5.75 Å². The number of sulfonamides is 1. The molecule has 0 amide bonds. The first-order valence-electron chi connectivity index (χ1n) is 7.26. The van der Waals surface area contributed by atoms with Gasteiger partial charge in [-0.1, -0.05) is 0 Å². The van der Waals surface area contributed by atoms with Crippen LogP contribution in [0, 0.1) is 0 Å². The van der Waals surface area contributed by atoms with Gasteiger partial charge in [0.2, 0.25) is 10.0 Å². The van der Waals surface area contributed by atoms with Gasteiger partial charge in [-0.3, -0.25) is 9.71 Å². The number of phenols is 1. The lowest BCUT2D eigenvalue weighted by atomic mass is 9.98. The van der Waals surface area contributed by atoms with Crippen LogP contribution in [0.1, 0.15) is 24.9 Å². The third-order valence-electron chi connectivity index (χ3n) is 3.92. The van der Waals surface area contributed by atoms with Gasteiger partial charge in [0, 0.05) is 18.5 Å². The quantitative estimate of drug-likeness (QED) is 0.815. The highest BCUT2D eigenvalue weighted by molar-refractivity contribution is 7.92. The van der Waals surface area contributed by atoms with E-state index in [9.17, 15) is 13.5 Å². The lowest BCUT2D eigenvalue weighted by Gasteiger charge is -2.33. The van der Waals surface area contributed by atoms with Crippen LogP contribution >= 0.6 is 0 Å². The third kappa shape index (κ3) is 2.70. The second kappa shape index (κ2) is 5.68. The van der Waals surface area contributed by atoms with Crippen molar-refractivity contribution in [3.8, 4) is 11.5 Å². The summed E-state index contributed by atoms with van der Waals surface area (Å²) in [6.45, 7) is 3.60. The molecule has 0 spiro atoms. The van der Waals surface area contributed by atoms with Gasteiger partial charge in [-0.25, -0.2) is 8.42 Å². The number of ether oxygens (including phenoxy) is 1. The summed E-state index contributed by atoms with van der Waals surface area (Å²) in [5.74, 6) is 0.207. The minimum absolute atomic E-state index is 0.0711. The fraction of sp³-hybridized carbons (Fsp3) is 0.500. The molecule has 0 fully saturated rings. The van der Waals surface area contributed by atoms with Crippen molar-refractivity contribution in [2.75, 3.05) is 30.2 Å². The molecule has 0 aromatic heterocycles. The number of fused-ring (bicyclic) bond motifs is 1. The smallest absolute Gasteiger partial charge is 0.232 e. The number of nitrogens with zero attached hydrogens (tertiary/aromatic N) is 2. The summed E-state index contributed by atoms with van der Waals surface area (Å²) in [7, 11) is -3.49. The Morgan fingerprint density at radius 3 is 3.00 bits per heavy atom. The predicted molar refractivity (Wildman–Crippen MR) is 84.1 cm³/mol. The van der Waals surface area contributed by atoms with E-state index in [-0.39, 0.29) is 23.2 Å². The highest BCUT2D eigenvalue weighted by atomic mass is 32.2. The molecule has 0 bridgehead atoms. The van der Waals surface area contributed by atoms with Gasteiger partial charge < -0.3 is 14.7 Å². The van der Waals surface area contributed by atoms with Crippen molar-refractivity contribution < 1.29 is 18.3 Å². The van der Waals surface area contributed by atoms with Gasteiger partial charge in [-0.2, -0.15) is 0 Å². The molecule has 7 nitrogen and oxygen atoms in total. The molecule has 2 N–H and O–H groups in total. The van der Waals surface area contributed by atoms with Crippen LogP contribution in [0.25, 0.3) is 0 Å². The van der Waals surface area contributed by atoms with Gasteiger partial charge in [-0.15, -0.1) is 0 Å². The van der Waals surface area contributed by atoms with E-state index in [0.29, 0.717) is 12.4 Å². The van der Waals surface area contributed by atoms with Crippen molar-refractivity contribution in [2.45, 2.75) is 19.4 Å². The second-order valence-corrected chi connectivity index (χ2v) is 7.31. The molecule has 0 saturated carbocycles. The molecule has 0 radical (unpaired) electrons. The lowest BCUT2D eigenvalue weighted by molar-refractivity contribution is 0.210. The second-order valence-electron chi connectivity index (χ2n) is 5.30. The molecule has 3 rings (SSSR count). The Morgan fingerprint density at radius 1 is 1.50 bits per heavy atom.